The van der Waals surface area contributed by atoms with Gasteiger partial charge in [-0.25, -0.2) is 0 Å². The first-order valence-corrected chi connectivity index (χ1v) is 7.23. The van der Waals surface area contributed by atoms with Crippen molar-refractivity contribution in [3.63, 3.8) is 0 Å². The average Bonchev–Trinajstić information content (AvgIpc) is 2.38. The van der Waals surface area contributed by atoms with Crippen molar-refractivity contribution in [2.75, 3.05) is 19.6 Å². The summed E-state index contributed by atoms with van der Waals surface area (Å²) in [5.74, 6) is 0.675. The van der Waals surface area contributed by atoms with Gasteiger partial charge in [0, 0.05) is 36.3 Å². The first-order chi connectivity index (χ1) is 9.08. The third-order valence-corrected chi connectivity index (χ3v) is 3.66. The maximum Gasteiger partial charge on any atom is 0.254 e. The Morgan fingerprint density at radius 3 is 3.00 bits per heavy atom. The van der Waals surface area contributed by atoms with Crippen LogP contribution in [-0.4, -0.2) is 36.5 Å². The average molecular weight is 281 g/mol. The van der Waals surface area contributed by atoms with E-state index < -0.39 is 0 Å². The number of benzene rings is 1. The topological polar surface area (TPSA) is 32.3 Å². The number of amides is 1. The molecule has 0 bridgehead atoms. The molecule has 1 atom stereocenters. The zero-order valence-electron chi connectivity index (χ0n) is 11.5. The molecule has 1 aromatic rings. The van der Waals surface area contributed by atoms with E-state index in [2.05, 4.69) is 19.2 Å². The van der Waals surface area contributed by atoms with Crippen LogP contribution in [0, 0.1) is 5.92 Å². The van der Waals surface area contributed by atoms with Crippen LogP contribution < -0.4 is 5.32 Å². The first kappa shape index (κ1) is 14.4. The highest BCUT2D eigenvalue weighted by molar-refractivity contribution is 6.30. The molecule has 2 rings (SSSR count). The van der Waals surface area contributed by atoms with Crippen molar-refractivity contribution in [1.82, 2.24) is 10.2 Å². The Hall–Kier alpha value is -1.06. The van der Waals surface area contributed by atoms with E-state index in [4.69, 9.17) is 11.6 Å². The predicted octanol–water partition coefficient (Wildman–Crippen LogP) is 2.80. The van der Waals surface area contributed by atoms with E-state index in [1.165, 1.54) is 0 Å². The quantitative estimate of drug-likeness (QED) is 0.923. The number of nitrogens with one attached hydrogen (secondary N) is 1. The molecule has 1 heterocycles. The lowest BCUT2D eigenvalue weighted by Gasteiger charge is -2.37. The van der Waals surface area contributed by atoms with Crippen molar-refractivity contribution in [2.45, 2.75) is 26.3 Å². The van der Waals surface area contributed by atoms with Gasteiger partial charge in [-0.2, -0.15) is 0 Å². The monoisotopic (exact) mass is 280 g/mol. The summed E-state index contributed by atoms with van der Waals surface area (Å²) < 4.78 is 0. The summed E-state index contributed by atoms with van der Waals surface area (Å²) in [6.07, 6.45) is 1.03. The molecule has 0 aromatic heterocycles. The molecule has 1 amide bonds. The first-order valence-electron chi connectivity index (χ1n) is 6.85. The third-order valence-electron chi connectivity index (χ3n) is 3.43. The summed E-state index contributed by atoms with van der Waals surface area (Å²) in [5.41, 5.74) is 0.683. The highest BCUT2D eigenvalue weighted by Crippen LogP contribution is 2.18. The van der Waals surface area contributed by atoms with Crippen LogP contribution in [0.25, 0.3) is 0 Å². The van der Waals surface area contributed by atoms with E-state index in [9.17, 15) is 4.79 Å². The Labute approximate surface area is 119 Å². The van der Waals surface area contributed by atoms with Crippen molar-refractivity contribution in [1.29, 1.82) is 0 Å². The summed E-state index contributed by atoms with van der Waals surface area (Å²) in [6, 6.07) is 7.48. The van der Waals surface area contributed by atoms with Gasteiger partial charge >= 0.3 is 0 Å². The second kappa shape index (κ2) is 6.40. The standard InChI is InChI=1S/C15H21ClN2O/c1-11(2)8-14-10-17-6-7-18(14)15(19)12-4-3-5-13(16)9-12/h3-5,9,11,14,17H,6-8,10H2,1-2H3. The van der Waals surface area contributed by atoms with Gasteiger partial charge in [-0.1, -0.05) is 31.5 Å². The summed E-state index contributed by atoms with van der Waals surface area (Å²) in [6.45, 7) is 6.89. The van der Waals surface area contributed by atoms with Gasteiger partial charge in [0.05, 0.1) is 0 Å². The van der Waals surface area contributed by atoms with Gasteiger partial charge in [-0.3, -0.25) is 4.79 Å². The normalized spacial score (nSPS) is 19.8. The molecule has 1 unspecified atom stereocenters. The molecular formula is C15H21ClN2O. The fourth-order valence-corrected chi connectivity index (χ4v) is 2.76. The van der Waals surface area contributed by atoms with Crippen LogP contribution in [0.2, 0.25) is 5.02 Å². The highest BCUT2D eigenvalue weighted by atomic mass is 35.5. The molecule has 1 N–H and O–H groups in total. The highest BCUT2D eigenvalue weighted by Gasteiger charge is 2.27. The predicted molar refractivity (Wildman–Crippen MR) is 78.6 cm³/mol. The van der Waals surface area contributed by atoms with Crippen LogP contribution in [0.5, 0.6) is 0 Å². The number of carbonyl (C=O) groups excluding carboxylic acids is 1. The van der Waals surface area contributed by atoms with Crippen LogP contribution in [0.3, 0.4) is 0 Å². The van der Waals surface area contributed by atoms with Crippen LogP contribution in [-0.2, 0) is 0 Å². The Morgan fingerprint density at radius 1 is 1.53 bits per heavy atom. The molecule has 0 spiro atoms. The summed E-state index contributed by atoms with van der Waals surface area (Å²) in [4.78, 5) is 14.6. The fraction of sp³-hybridized carbons (Fsp3) is 0.533. The minimum atomic E-state index is 0.0923. The molecule has 1 aliphatic heterocycles. The fourth-order valence-electron chi connectivity index (χ4n) is 2.57. The molecule has 4 heteroatoms. The van der Waals surface area contributed by atoms with Crippen LogP contribution in [0.15, 0.2) is 24.3 Å². The Balaban J connectivity index is 2.15. The van der Waals surface area contributed by atoms with Gasteiger partial charge in [-0.15, -0.1) is 0 Å². The molecule has 0 radical (unpaired) electrons. The van der Waals surface area contributed by atoms with E-state index >= 15 is 0 Å². The van der Waals surface area contributed by atoms with E-state index in [0.717, 1.165) is 26.1 Å². The Bertz CT molecular complexity index is 448. The zero-order valence-corrected chi connectivity index (χ0v) is 12.3. The number of hydrogen-bond acceptors (Lipinski definition) is 2. The number of nitrogens with zero attached hydrogens (tertiary/aromatic N) is 1. The maximum atomic E-state index is 12.6. The minimum Gasteiger partial charge on any atom is -0.333 e. The lowest BCUT2D eigenvalue weighted by atomic mass is 10.00. The molecule has 19 heavy (non-hydrogen) atoms. The van der Waals surface area contributed by atoms with E-state index in [1.54, 1.807) is 12.1 Å². The van der Waals surface area contributed by atoms with Crippen molar-refractivity contribution < 1.29 is 4.79 Å². The number of halogens is 1. The minimum absolute atomic E-state index is 0.0923. The molecule has 1 saturated heterocycles. The Morgan fingerprint density at radius 2 is 2.32 bits per heavy atom. The van der Waals surface area contributed by atoms with Crippen molar-refractivity contribution in [3.8, 4) is 0 Å². The van der Waals surface area contributed by atoms with Gasteiger partial charge in [-0.05, 0) is 30.5 Å². The molecule has 3 nitrogen and oxygen atoms in total. The summed E-state index contributed by atoms with van der Waals surface area (Å²) in [7, 11) is 0. The molecule has 104 valence electrons. The van der Waals surface area contributed by atoms with Gasteiger partial charge in [0.1, 0.15) is 0 Å². The second-order valence-corrected chi connectivity index (χ2v) is 5.93. The zero-order chi connectivity index (χ0) is 13.8. The van der Waals surface area contributed by atoms with E-state index in [0.29, 0.717) is 16.5 Å². The number of carbonyl (C=O) groups is 1. The van der Waals surface area contributed by atoms with E-state index in [1.807, 2.05) is 17.0 Å². The largest absolute Gasteiger partial charge is 0.333 e. The molecular weight excluding hydrogens is 260 g/mol. The summed E-state index contributed by atoms with van der Waals surface area (Å²) in [5, 5.41) is 3.98. The molecule has 0 saturated carbocycles. The number of hydrogen-bond donors (Lipinski definition) is 1. The lowest BCUT2D eigenvalue weighted by Crippen LogP contribution is -2.54. The Kier molecular flexibility index (Phi) is 4.83. The molecule has 1 aromatic carbocycles. The third kappa shape index (κ3) is 3.71. The molecule has 1 fully saturated rings. The van der Waals surface area contributed by atoms with Crippen molar-refractivity contribution in [3.05, 3.63) is 34.9 Å². The summed E-state index contributed by atoms with van der Waals surface area (Å²) >= 11 is 5.97. The van der Waals surface area contributed by atoms with Gasteiger partial charge < -0.3 is 10.2 Å². The van der Waals surface area contributed by atoms with Crippen LogP contribution in [0.1, 0.15) is 30.6 Å². The number of piperazine rings is 1. The van der Waals surface area contributed by atoms with Gasteiger partial charge in [0.2, 0.25) is 0 Å². The van der Waals surface area contributed by atoms with Crippen LogP contribution >= 0.6 is 11.6 Å². The maximum absolute atomic E-state index is 12.6. The van der Waals surface area contributed by atoms with Gasteiger partial charge in [0.25, 0.3) is 5.91 Å². The van der Waals surface area contributed by atoms with Gasteiger partial charge in [0.15, 0.2) is 0 Å². The number of rotatable bonds is 3. The molecule has 0 aliphatic carbocycles. The smallest absolute Gasteiger partial charge is 0.254 e. The van der Waals surface area contributed by atoms with Crippen molar-refractivity contribution >= 4 is 17.5 Å². The SMILES string of the molecule is CC(C)CC1CNCCN1C(=O)c1cccc(Cl)c1. The second-order valence-electron chi connectivity index (χ2n) is 5.50. The van der Waals surface area contributed by atoms with E-state index in [-0.39, 0.29) is 11.9 Å². The van der Waals surface area contributed by atoms with Crippen molar-refractivity contribution in [2.24, 2.45) is 5.92 Å². The lowest BCUT2D eigenvalue weighted by molar-refractivity contribution is 0.0610. The molecule has 1 aliphatic rings. The van der Waals surface area contributed by atoms with Crippen LogP contribution in [0.4, 0.5) is 0 Å².